The highest BCUT2D eigenvalue weighted by Crippen LogP contribution is 2.33. The lowest BCUT2D eigenvalue weighted by molar-refractivity contribution is -0.139. The van der Waals surface area contributed by atoms with Gasteiger partial charge in [-0.25, -0.2) is 0 Å². The van der Waals surface area contributed by atoms with E-state index in [9.17, 15) is 9.59 Å². The van der Waals surface area contributed by atoms with Crippen LogP contribution in [0.25, 0.3) is 5.57 Å². The molecule has 29 heavy (non-hydrogen) atoms. The van der Waals surface area contributed by atoms with E-state index in [1.54, 1.807) is 14.2 Å². The number of carbonyl (C=O) groups excluding carboxylic acids is 2. The molecular formula is C22H32N2O5. The van der Waals surface area contributed by atoms with E-state index in [0.29, 0.717) is 43.1 Å². The minimum atomic E-state index is -0.283. The van der Waals surface area contributed by atoms with Gasteiger partial charge in [-0.1, -0.05) is 12.1 Å². The Kier molecular flexibility index (Phi) is 8.22. The van der Waals surface area contributed by atoms with Crippen LogP contribution < -0.4 is 4.74 Å². The molecule has 0 atom stereocenters. The quantitative estimate of drug-likeness (QED) is 0.528. The largest absolute Gasteiger partial charge is 0.491 e. The second-order valence-electron chi connectivity index (χ2n) is 7.46. The summed E-state index contributed by atoms with van der Waals surface area (Å²) in [5.41, 5.74) is 1.50. The van der Waals surface area contributed by atoms with Gasteiger partial charge in [-0.05, 0) is 45.4 Å². The fraction of sp³-hybridized carbons (Fsp3) is 0.545. The molecule has 0 saturated carbocycles. The lowest BCUT2D eigenvalue weighted by Crippen LogP contribution is -2.40. The fourth-order valence-corrected chi connectivity index (χ4v) is 3.27. The molecule has 1 aliphatic rings. The van der Waals surface area contributed by atoms with E-state index in [1.807, 2.05) is 56.9 Å². The van der Waals surface area contributed by atoms with E-state index < -0.39 is 0 Å². The normalized spacial score (nSPS) is 14.6. The average molecular weight is 405 g/mol. The van der Waals surface area contributed by atoms with Crippen molar-refractivity contribution in [1.82, 2.24) is 9.80 Å². The van der Waals surface area contributed by atoms with Gasteiger partial charge in [-0.3, -0.25) is 14.5 Å². The molecule has 1 aromatic rings. The van der Waals surface area contributed by atoms with Gasteiger partial charge in [0.25, 0.3) is 11.8 Å². The molecule has 7 heteroatoms. The third-order valence-electron chi connectivity index (χ3n) is 4.57. The van der Waals surface area contributed by atoms with Crippen LogP contribution in [0.15, 0.2) is 30.0 Å². The van der Waals surface area contributed by atoms with E-state index in [-0.39, 0.29) is 24.0 Å². The summed E-state index contributed by atoms with van der Waals surface area (Å²) in [4.78, 5) is 29.6. The lowest BCUT2D eigenvalue weighted by Gasteiger charge is -2.26. The van der Waals surface area contributed by atoms with Gasteiger partial charge in [0.2, 0.25) is 0 Å². The summed E-state index contributed by atoms with van der Waals surface area (Å²) < 4.78 is 16.1. The molecule has 0 radical (unpaired) electrons. The van der Waals surface area contributed by atoms with Crippen molar-refractivity contribution >= 4 is 17.4 Å². The van der Waals surface area contributed by atoms with Crippen LogP contribution in [0, 0.1) is 0 Å². The molecule has 0 N–H and O–H groups in total. The molecule has 0 aliphatic carbocycles. The van der Waals surface area contributed by atoms with E-state index in [4.69, 9.17) is 14.2 Å². The van der Waals surface area contributed by atoms with Crippen molar-refractivity contribution in [2.75, 3.05) is 40.5 Å². The van der Waals surface area contributed by atoms with Gasteiger partial charge in [0.05, 0.1) is 24.9 Å². The summed E-state index contributed by atoms with van der Waals surface area (Å²) in [5.74, 6) is 0.158. The maximum absolute atomic E-state index is 13.2. The van der Waals surface area contributed by atoms with Crippen molar-refractivity contribution in [3.63, 3.8) is 0 Å². The van der Waals surface area contributed by atoms with Gasteiger partial charge in [0.1, 0.15) is 11.4 Å². The van der Waals surface area contributed by atoms with Crippen LogP contribution in [0.4, 0.5) is 0 Å². The number of nitrogens with zero attached hydrogens (tertiary/aromatic N) is 2. The Hall–Kier alpha value is -2.38. The van der Waals surface area contributed by atoms with Gasteiger partial charge in [0.15, 0.2) is 0 Å². The molecule has 160 valence electrons. The molecule has 7 nitrogen and oxygen atoms in total. The number of hydrogen-bond donors (Lipinski definition) is 0. The Balaban J connectivity index is 2.51. The monoisotopic (exact) mass is 404 g/mol. The highest BCUT2D eigenvalue weighted by Gasteiger charge is 2.42. The molecule has 0 spiro atoms. The predicted molar refractivity (Wildman–Crippen MR) is 111 cm³/mol. The standard InChI is InChI=1S/C22H32N2O5/c1-15(2)24-21(25)19(17-7-9-18(10-8-17)29-16(3)4)20(22(24)26)23(11-13-27-5)12-14-28-6/h7-10,15-16H,11-14H2,1-6H3. The first-order chi connectivity index (χ1) is 13.8. The molecule has 0 bridgehead atoms. The summed E-state index contributed by atoms with van der Waals surface area (Å²) in [6, 6.07) is 7.06. The van der Waals surface area contributed by atoms with Crippen LogP contribution in [0.1, 0.15) is 33.3 Å². The van der Waals surface area contributed by atoms with Crippen molar-refractivity contribution in [2.24, 2.45) is 0 Å². The van der Waals surface area contributed by atoms with Crippen molar-refractivity contribution in [2.45, 2.75) is 39.8 Å². The SMILES string of the molecule is COCCN(CCOC)C1=C(c2ccc(OC(C)C)cc2)C(=O)N(C(C)C)C1=O. The second kappa shape index (κ2) is 10.4. The molecule has 0 fully saturated rings. The van der Waals surface area contributed by atoms with Gasteiger partial charge in [-0.15, -0.1) is 0 Å². The van der Waals surface area contributed by atoms with Crippen LogP contribution in [0.2, 0.25) is 0 Å². The number of imide groups is 1. The van der Waals surface area contributed by atoms with E-state index in [2.05, 4.69) is 0 Å². The molecule has 1 aromatic carbocycles. The first kappa shape index (κ1) is 22.9. The number of benzene rings is 1. The summed E-state index contributed by atoms with van der Waals surface area (Å²) in [6.45, 7) is 9.43. The number of hydrogen-bond acceptors (Lipinski definition) is 6. The number of amides is 2. The predicted octanol–water partition coefficient (Wildman–Crippen LogP) is 2.56. The molecule has 2 amide bonds. The van der Waals surface area contributed by atoms with Crippen LogP contribution in [0.3, 0.4) is 0 Å². The highest BCUT2D eigenvalue weighted by molar-refractivity contribution is 6.35. The molecule has 0 unspecified atom stereocenters. The minimum Gasteiger partial charge on any atom is -0.491 e. The maximum Gasteiger partial charge on any atom is 0.278 e. The van der Waals surface area contributed by atoms with E-state index >= 15 is 0 Å². The number of ether oxygens (including phenoxy) is 3. The Labute approximate surface area is 173 Å². The van der Waals surface area contributed by atoms with Gasteiger partial charge < -0.3 is 19.1 Å². The van der Waals surface area contributed by atoms with Crippen LogP contribution in [0.5, 0.6) is 5.75 Å². The zero-order chi connectivity index (χ0) is 21.6. The Morgan fingerprint density at radius 1 is 0.897 bits per heavy atom. The summed E-state index contributed by atoms with van der Waals surface area (Å²) in [6.07, 6.45) is 0.0559. The second-order valence-corrected chi connectivity index (χ2v) is 7.46. The number of carbonyl (C=O) groups is 2. The van der Waals surface area contributed by atoms with Crippen molar-refractivity contribution < 1.29 is 23.8 Å². The molecule has 1 aliphatic heterocycles. The van der Waals surface area contributed by atoms with Crippen molar-refractivity contribution in [3.05, 3.63) is 35.5 Å². The highest BCUT2D eigenvalue weighted by atomic mass is 16.5. The maximum atomic E-state index is 13.2. The molecule has 1 heterocycles. The molecule has 2 rings (SSSR count). The van der Waals surface area contributed by atoms with E-state index in [0.717, 1.165) is 5.75 Å². The minimum absolute atomic E-state index is 0.0559. The fourth-order valence-electron chi connectivity index (χ4n) is 3.27. The summed E-state index contributed by atoms with van der Waals surface area (Å²) >= 11 is 0. The molecule has 0 aromatic heterocycles. The average Bonchev–Trinajstić information content (AvgIpc) is 2.92. The summed E-state index contributed by atoms with van der Waals surface area (Å²) in [7, 11) is 3.22. The van der Waals surface area contributed by atoms with Crippen LogP contribution in [-0.2, 0) is 19.1 Å². The molecule has 0 saturated heterocycles. The zero-order valence-corrected chi connectivity index (χ0v) is 18.2. The van der Waals surface area contributed by atoms with Crippen molar-refractivity contribution in [1.29, 1.82) is 0 Å². The Morgan fingerprint density at radius 3 is 1.90 bits per heavy atom. The summed E-state index contributed by atoms with van der Waals surface area (Å²) in [5, 5.41) is 0. The van der Waals surface area contributed by atoms with E-state index in [1.165, 1.54) is 4.90 Å². The first-order valence-electron chi connectivity index (χ1n) is 9.93. The Morgan fingerprint density at radius 2 is 1.45 bits per heavy atom. The number of rotatable bonds is 11. The molecular weight excluding hydrogens is 372 g/mol. The topological polar surface area (TPSA) is 68.3 Å². The smallest absolute Gasteiger partial charge is 0.278 e. The zero-order valence-electron chi connectivity index (χ0n) is 18.2. The first-order valence-corrected chi connectivity index (χ1v) is 9.93. The van der Waals surface area contributed by atoms with Gasteiger partial charge in [-0.2, -0.15) is 0 Å². The van der Waals surface area contributed by atoms with Crippen LogP contribution >= 0.6 is 0 Å². The third-order valence-corrected chi connectivity index (χ3v) is 4.57. The van der Waals surface area contributed by atoms with Gasteiger partial charge in [0, 0.05) is 33.4 Å². The van der Waals surface area contributed by atoms with Crippen molar-refractivity contribution in [3.8, 4) is 5.75 Å². The van der Waals surface area contributed by atoms with Gasteiger partial charge >= 0.3 is 0 Å². The lowest BCUT2D eigenvalue weighted by atomic mass is 10.0. The Bertz CT molecular complexity index is 732. The number of methoxy groups -OCH3 is 2. The van der Waals surface area contributed by atoms with Crippen LogP contribution in [-0.4, -0.2) is 74.3 Å². The third kappa shape index (κ3) is 5.36.